The van der Waals surface area contributed by atoms with E-state index in [-0.39, 0.29) is 5.97 Å². The van der Waals surface area contributed by atoms with Crippen LogP contribution in [-0.2, 0) is 14.3 Å². The zero-order valence-corrected chi connectivity index (χ0v) is 11.5. The van der Waals surface area contributed by atoms with Crippen molar-refractivity contribution in [3.05, 3.63) is 12.3 Å². The van der Waals surface area contributed by atoms with Gasteiger partial charge >= 0.3 is 5.97 Å². The highest BCUT2D eigenvalue weighted by Gasteiger charge is 2.16. The van der Waals surface area contributed by atoms with E-state index in [1.165, 1.54) is 0 Å². The van der Waals surface area contributed by atoms with E-state index in [4.69, 9.17) is 9.47 Å². The first-order valence-corrected chi connectivity index (χ1v) is 5.75. The normalized spacial score (nSPS) is 12.2. The molecule has 0 aliphatic carbocycles. The molecule has 0 saturated heterocycles. The van der Waals surface area contributed by atoms with Crippen LogP contribution in [-0.4, -0.2) is 24.5 Å². The van der Waals surface area contributed by atoms with Crippen molar-refractivity contribution in [1.82, 2.24) is 0 Å². The van der Waals surface area contributed by atoms with E-state index >= 15 is 0 Å². The maximum absolute atomic E-state index is 11.4. The molecule has 0 saturated carbocycles. The third kappa shape index (κ3) is 9.60. The first kappa shape index (κ1) is 15.7. The fraction of sp³-hybridized carbons (Fsp3) is 0.692. The number of carbonyl (C=O) groups is 1. The highest BCUT2D eigenvalue weighted by molar-refractivity contribution is 5.77. The molecule has 0 aromatic carbocycles. The lowest BCUT2D eigenvalue weighted by molar-refractivity contribution is -0.154. The fourth-order valence-electron chi connectivity index (χ4n) is 1.19. The van der Waals surface area contributed by atoms with Crippen LogP contribution in [0, 0.1) is 0 Å². The number of aliphatic imine (C=N–C) groups is 1. The summed E-state index contributed by atoms with van der Waals surface area (Å²) in [5.74, 6) is 1.01. The largest absolute Gasteiger partial charge is 0.460 e. The Bertz CT molecular complexity index is 300. The average Bonchev–Trinajstić information content (AvgIpc) is 2.12. The molecule has 0 spiro atoms. The summed E-state index contributed by atoms with van der Waals surface area (Å²) >= 11 is 0. The monoisotopic (exact) mass is 241 g/mol. The van der Waals surface area contributed by atoms with E-state index in [2.05, 4.69) is 11.6 Å². The SMILES string of the molecule is C=C(C)O/C(CCCC(=O)OC(C)(C)C)=N\C. The van der Waals surface area contributed by atoms with Crippen molar-refractivity contribution < 1.29 is 14.3 Å². The number of allylic oxidation sites excluding steroid dienone is 1. The second-order valence-electron chi connectivity index (χ2n) is 4.86. The molecular weight excluding hydrogens is 218 g/mol. The lowest BCUT2D eigenvalue weighted by atomic mass is 10.2. The minimum atomic E-state index is -0.424. The Kier molecular flexibility index (Phi) is 6.54. The van der Waals surface area contributed by atoms with Crippen LogP contribution in [0.2, 0.25) is 0 Å². The molecule has 0 aliphatic heterocycles. The quantitative estimate of drug-likeness (QED) is 0.321. The van der Waals surface area contributed by atoms with Gasteiger partial charge in [0.05, 0.1) is 5.76 Å². The van der Waals surface area contributed by atoms with Crippen molar-refractivity contribution in [3.63, 3.8) is 0 Å². The molecule has 4 heteroatoms. The lowest BCUT2D eigenvalue weighted by Crippen LogP contribution is -2.23. The highest BCUT2D eigenvalue weighted by Crippen LogP contribution is 2.10. The Labute approximate surface area is 104 Å². The molecule has 0 aliphatic rings. The van der Waals surface area contributed by atoms with Crippen LogP contribution in [0.4, 0.5) is 0 Å². The summed E-state index contributed by atoms with van der Waals surface area (Å²) in [5.41, 5.74) is -0.424. The van der Waals surface area contributed by atoms with E-state index in [1.54, 1.807) is 14.0 Å². The molecule has 0 rings (SSSR count). The fourth-order valence-corrected chi connectivity index (χ4v) is 1.19. The number of carbonyl (C=O) groups excluding carboxylic acids is 1. The average molecular weight is 241 g/mol. The Morgan fingerprint density at radius 2 is 1.88 bits per heavy atom. The zero-order chi connectivity index (χ0) is 13.5. The minimum Gasteiger partial charge on any atom is -0.460 e. The standard InChI is InChI=1S/C13H23NO3/c1-10(2)16-11(14-6)8-7-9-12(15)17-13(3,4)5/h1,7-9H2,2-6H3/b14-11-. The van der Waals surface area contributed by atoms with E-state index in [9.17, 15) is 4.79 Å². The van der Waals surface area contributed by atoms with E-state index in [0.29, 0.717) is 30.9 Å². The smallest absolute Gasteiger partial charge is 0.306 e. The van der Waals surface area contributed by atoms with Crippen molar-refractivity contribution >= 4 is 11.9 Å². The Morgan fingerprint density at radius 3 is 2.29 bits per heavy atom. The van der Waals surface area contributed by atoms with Gasteiger partial charge in [0.1, 0.15) is 5.60 Å². The molecule has 0 aromatic heterocycles. The van der Waals surface area contributed by atoms with Gasteiger partial charge in [-0.25, -0.2) is 0 Å². The minimum absolute atomic E-state index is 0.191. The highest BCUT2D eigenvalue weighted by atomic mass is 16.6. The molecule has 4 nitrogen and oxygen atoms in total. The number of ether oxygens (including phenoxy) is 2. The second kappa shape index (κ2) is 7.09. The molecule has 17 heavy (non-hydrogen) atoms. The van der Waals surface area contributed by atoms with Gasteiger partial charge in [-0.15, -0.1) is 0 Å². The van der Waals surface area contributed by atoms with Crippen molar-refractivity contribution in [3.8, 4) is 0 Å². The molecular formula is C13H23NO3. The molecule has 0 bridgehead atoms. The Morgan fingerprint density at radius 1 is 1.29 bits per heavy atom. The van der Waals surface area contributed by atoms with Gasteiger partial charge in [0.15, 0.2) is 5.90 Å². The van der Waals surface area contributed by atoms with Gasteiger partial charge in [0.2, 0.25) is 0 Å². The third-order valence-corrected chi connectivity index (χ3v) is 1.73. The molecule has 0 amide bonds. The summed E-state index contributed by atoms with van der Waals surface area (Å²) in [6.45, 7) is 11.0. The van der Waals surface area contributed by atoms with Crippen molar-refractivity contribution in [2.75, 3.05) is 7.05 Å². The van der Waals surface area contributed by atoms with Gasteiger partial charge in [-0.1, -0.05) is 6.58 Å². The maximum Gasteiger partial charge on any atom is 0.306 e. The summed E-state index contributed by atoms with van der Waals surface area (Å²) in [6.07, 6.45) is 1.65. The summed E-state index contributed by atoms with van der Waals surface area (Å²) in [6, 6.07) is 0. The first-order valence-electron chi connectivity index (χ1n) is 5.75. The summed E-state index contributed by atoms with van der Waals surface area (Å²) in [7, 11) is 1.66. The Balaban J connectivity index is 3.90. The van der Waals surface area contributed by atoms with Gasteiger partial charge in [0, 0.05) is 19.9 Å². The zero-order valence-electron chi connectivity index (χ0n) is 11.5. The number of hydrogen-bond donors (Lipinski definition) is 0. The van der Waals surface area contributed by atoms with E-state index in [1.807, 2.05) is 20.8 Å². The van der Waals surface area contributed by atoms with Gasteiger partial charge in [-0.2, -0.15) is 0 Å². The third-order valence-electron chi connectivity index (χ3n) is 1.73. The van der Waals surface area contributed by atoms with Crippen LogP contribution in [0.3, 0.4) is 0 Å². The van der Waals surface area contributed by atoms with Gasteiger partial charge in [0.25, 0.3) is 0 Å². The van der Waals surface area contributed by atoms with Gasteiger partial charge < -0.3 is 9.47 Å². The molecule has 0 unspecified atom stereocenters. The lowest BCUT2D eigenvalue weighted by Gasteiger charge is -2.19. The summed E-state index contributed by atoms with van der Waals surface area (Å²) in [5, 5.41) is 0. The maximum atomic E-state index is 11.4. The van der Waals surface area contributed by atoms with Crippen molar-refractivity contribution in [1.29, 1.82) is 0 Å². The van der Waals surface area contributed by atoms with Crippen molar-refractivity contribution in [2.24, 2.45) is 4.99 Å². The van der Waals surface area contributed by atoms with E-state index in [0.717, 1.165) is 0 Å². The molecule has 0 fully saturated rings. The number of rotatable bonds is 5. The Hall–Kier alpha value is -1.32. The van der Waals surface area contributed by atoms with Crippen LogP contribution in [0.1, 0.15) is 47.0 Å². The van der Waals surface area contributed by atoms with Crippen LogP contribution < -0.4 is 0 Å². The molecule has 98 valence electrons. The molecule has 0 heterocycles. The van der Waals surface area contributed by atoms with E-state index < -0.39 is 5.60 Å². The first-order chi connectivity index (χ1) is 7.74. The predicted octanol–water partition coefficient (Wildman–Crippen LogP) is 3.08. The van der Waals surface area contributed by atoms with Crippen LogP contribution in [0.25, 0.3) is 0 Å². The molecule has 0 atom stereocenters. The van der Waals surface area contributed by atoms with Gasteiger partial charge in [-0.3, -0.25) is 9.79 Å². The predicted molar refractivity (Wildman–Crippen MR) is 69.0 cm³/mol. The second-order valence-corrected chi connectivity index (χ2v) is 4.86. The summed E-state index contributed by atoms with van der Waals surface area (Å²) < 4.78 is 10.5. The molecule has 0 N–H and O–H groups in total. The van der Waals surface area contributed by atoms with Gasteiger partial charge in [-0.05, 0) is 34.1 Å². The number of esters is 1. The van der Waals surface area contributed by atoms with Crippen LogP contribution >= 0.6 is 0 Å². The molecule has 0 radical (unpaired) electrons. The van der Waals surface area contributed by atoms with Crippen LogP contribution in [0.15, 0.2) is 17.3 Å². The number of hydrogen-bond acceptors (Lipinski definition) is 4. The topological polar surface area (TPSA) is 47.9 Å². The number of nitrogens with zero attached hydrogens (tertiary/aromatic N) is 1. The summed E-state index contributed by atoms with van der Waals surface area (Å²) in [4.78, 5) is 15.4. The van der Waals surface area contributed by atoms with Crippen molar-refractivity contribution in [2.45, 2.75) is 52.6 Å². The van der Waals surface area contributed by atoms with Crippen LogP contribution in [0.5, 0.6) is 0 Å². The molecule has 0 aromatic rings.